The molecule has 0 aliphatic heterocycles. The third-order valence-corrected chi connectivity index (χ3v) is 3.49. The van der Waals surface area contributed by atoms with Crippen molar-refractivity contribution >= 4 is 34.0 Å². The first kappa shape index (κ1) is 14.7. The summed E-state index contributed by atoms with van der Waals surface area (Å²) in [7, 11) is 0. The molecule has 2 N–H and O–H groups in total. The predicted molar refractivity (Wildman–Crippen MR) is 92.8 cm³/mol. The van der Waals surface area contributed by atoms with E-state index < -0.39 is 0 Å². The third-order valence-electron chi connectivity index (χ3n) is 3.49. The molecule has 0 fully saturated rings. The summed E-state index contributed by atoms with van der Waals surface area (Å²) < 4.78 is 0. The predicted octanol–water partition coefficient (Wildman–Crippen LogP) is 3.81. The standard InChI is InChI=1S/C18H16N4O/c1-3-17(23)21-13-8-9-16-14(10-13)18(20-11-19-16)22-15-7-5-4-6-12(15)2/h3-11H,1H2,2H3,(H,21,23)(H,19,20,22). The average molecular weight is 304 g/mol. The minimum Gasteiger partial charge on any atom is -0.339 e. The lowest BCUT2D eigenvalue weighted by atomic mass is 10.1. The van der Waals surface area contributed by atoms with Crippen molar-refractivity contribution in [3.8, 4) is 0 Å². The molecular weight excluding hydrogens is 288 g/mol. The summed E-state index contributed by atoms with van der Waals surface area (Å²) >= 11 is 0. The zero-order valence-electron chi connectivity index (χ0n) is 12.7. The molecule has 1 aromatic heterocycles. The summed E-state index contributed by atoms with van der Waals surface area (Å²) in [5, 5.41) is 6.90. The van der Waals surface area contributed by atoms with Gasteiger partial charge in [0.15, 0.2) is 0 Å². The van der Waals surface area contributed by atoms with Crippen LogP contribution in [0.1, 0.15) is 5.56 Å². The van der Waals surface area contributed by atoms with E-state index in [4.69, 9.17) is 0 Å². The number of carbonyl (C=O) groups excluding carboxylic acids is 1. The van der Waals surface area contributed by atoms with Gasteiger partial charge in [0, 0.05) is 16.8 Å². The van der Waals surface area contributed by atoms with Crippen molar-refractivity contribution in [2.45, 2.75) is 6.92 Å². The number of nitrogens with one attached hydrogen (secondary N) is 2. The number of rotatable bonds is 4. The first-order valence-electron chi connectivity index (χ1n) is 7.18. The molecule has 2 aromatic carbocycles. The highest BCUT2D eigenvalue weighted by Crippen LogP contribution is 2.27. The molecule has 23 heavy (non-hydrogen) atoms. The van der Waals surface area contributed by atoms with E-state index in [9.17, 15) is 4.79 Å². The average Bonchev–Trinajstić information content (AvgIpc) is 2.57. The lowest BCUT2D eigenvalue weighted by Crippen LogP contribution is -2.07. The topological polar surface area (TPSA) is 66.9 Å². The van der Waals surface area contributed by atoms with Gasteiger partial charge in [-0.15, -0.1) is 0 Å². The fourth-order valence-electron chi connectivity index (χ4n) is 2.27. The molecule has 0 unspecified atom stereocenters. The van der Waals surface area contributed by atoms with Crippen LogP contribution in [0, 0.1) is 6.92 Å². The number of aromatic nitrogens is 2. The van der Waals surface area contributed by atoms with Crippen LogP contribution in [0.3, 0.4) is 0 Å². The lowest BCUT2D eigenvalue weighted by Gasteiger charge is -2.11. The monoisotopic (exact) mass is 304 g/mol. The van der Waals surface area contributed by atoms with Crippen LogP contribution in [0.4, 0.5) is 17.2 Å². The molecule has 0 saturated heterocycles. The van der Waals surface area contributed by atoms with Gasteiger partial charge >= 0.3 is 0 Å². The van der Waals surface area contributed by atoms with Crippen LogP contribution in [0.15, 0.2) is 61.4 Å². The van der Waals surface area contributed by atoms with Crippen molar-refractivity contribution in [1.29, 1.82) is 0 Å². The van der Waals surface area contributed by atoms with Crippen molar-refractivity contribution in [2.75, 3.05) is 10.6 Å². The number of amides is 1. The molecule has 1 heterocycles. The number of fused-ring (bicyclic) bond motifs is 1. The van der Waals surface area contributed by atoms with Crippen LogP contribution >= 0.6 is 0 Å². The summed E-state index contributed by atoms with van der Waals surface area (Å²) in [6.45, 7) is 5.48. The fourth-order valence-corrected chi connectivity index (χ4v) is 2.27. The normalized spacial score (nSPS) is 10.3. The van der Waals surface area contributed by atoms with E-state index in [1.54, 1.807) is 6.07 Å². The Morgan fingerprint density at radius 2 is 2.00 bits per heavy atom. The summed E-state index contributed by atoms with van der Waals surface area (Å²) in [6, 6.07) is 13.5. The van der Waals surface area contributed by atoms with Gasteiger partial charge in [-0.25, -0.2) is 9.97 Å². The highest BCUT2D eigenvalue weighted by molar-refractivity contribution is 6.01. The highest BCUT2D eigenvalue weighted by Gasteiger charge is 2.07. The minimum atomic E-state index is -0.255. The Morgan fingerprint density at radius 3 is 2.78 bits per heavy atom. The molecule has 0 bridgehead atoms. The molecule has 0 radical (unpaired) electrons. The molecule has 0 aliphatic rings. The molecule has 0 saturated carbocycles. The largest absolute Gasteiger partial charge is 0.339 e. The molecular formula is C18H16N4O. The maximum Gasteiger partial charge on any atom is 0.247 e. The molecule has 0 spiro atoms. The second-order valence-corrected chi connectivity index (χ2v) is 5.09. The maximum atomic E-state index is 11.5. The van der Waals surface area contributed by atoms with E-state index in [1.165, 1.54) is 12.4 Å². The SMILES string of the molecule is C=CC(=O)Nc1ccc2ncnc(Nc3ccccc3C)c2c1. The first-order chi connectivity index (χ1) is 11.2. The number of aryl methyl sites for hydroxylation is 1. The fraction of sp³-hybridized carbons (Fsp3) is 0.0556. The molecule has 1 amide bonds. The molecule has 5 heteroatoms. The lowest BCUT2D eigenvalue weighted by molar-refractivity contribution is -0.111. The van der Waals surface area contributed by atoms with Gasteiger partial charge in [0.1, 0.15) is 12.1 Å². The Balaban J connectivity index is 2.02. The quantitative estimate of drug-likeness (QED) is 0.719. The molecule has 5 nitrogen and oxygen atoms in total. The van der Waals surface area contributed by atoms with E-state index in [1.807, 2.05) is 43.3 Å². The van der Waals surface area contributed by atoms with Gasteiger partial charge in [0.25, 0.3) is 0 Å². The number of carbonyl (C=O) groups is 1. The number of hydrogen-bond donors (Lipinski definition) is 2. The third kappa shape index (κ3) is 3.18. The number of hydrogen-bond acceptors (Lipinski definition) is 4. The number of nitrogens with zero attached hydrogens (tertiary/aromatic N) is 2. The molecule has 114 valence electrons. The highest BCUT2D eigenvalue weighted by atomic mass is 16.1. The van der Waals surface area contributed by atoms with Crippen molar-refractivity contribution in [2.24, 2.45) is 0 Å². The van der Waals surface area contributed by atoms with Gasteiger partial charge in [-0.1, -0.05) is 24.8 Å². The van der Waals surface area contributed by atoms with Crippen LogP contribution < -0.4 is 10.6 Å². The molecule has 0 aliphatic carbocycles. The van der Waals surface area contributed by atoms with Crippen molar-refractivity contribution in [1.82, 2.24) is 9.97 Å². The Labute approximate surface area is 134 Å². The van der Waals surface area contributed by atoms with Gasteiger partial charge in [-0.3, -0.25) is 4.79 Å². The maximum absolute atomic E-state index is 11.5. The van der Waals surface area contributed by atoms with Crippen LogP contribution in [0.25, 0.3) is 10.9 Å². The van der Waals surface area contributed by atoms with Crippen LogP contribution in [-0.4, -0.2) is 15.9 Å². The van der Waals surface area contributed by atoms with Gasteiger partial charge in [-0.05, 0) is 42.8 Å². The Morgan fingerprint density at radius 1 is 1.17 bits per heavy atom. The second kappa shape index (κ2) is 6.27. The minimum absolute atomic E-state index is 0.255. The zero-order valence-corrected chi connectivity index (χ0v) is 12.7. The summed E-state index contributed by atoms with van der Waals surface area (Å²) in [6.07, 6.45) is 2.75. The number of para-hydroxylation sites is 1. The molecule has 3 aromatic rings. The van der Waals surface area contributed by atoms with E-state index >= 15 is 0 Å². The first-order valence-corrected chi connectivity index (χ1v) is 7.18. The van der Waals surface area contributed by atoms with Gasteiger partial charge in [-0.2, -0.15) is 0 Å². The van der Waals surface area contributed by atoms with Crippen molar-refractivity contribution in [3.63, 3.8) is 0 Å². The van der Waals surface area contributed by atoms with Crippen LogP contribution in [-0.2, 0) is 4.79 Å². The van der Waals surface area contributed by atoms with E-state index in [0.29, 0.717) is 11.5 Å². The van der Waals surface area contributed by atoms with E-state index in [-0.39, 0.29) is 5.91 Å². The Kier molecular flexibility index (Phi) is 4.01. The van der Waals surface area contributed by atoms with E-state index in [2.05, 4.69) is 27.2 Å². The second-order valence-electron chi connectivity index (χ2n) is 5.09. The number of benzene rings is 2. The van der Waals surface area contributed by atoms with Crippen LogP contribution in [0.2, 0.25) is 0 Å². The summed E-state index contributed by atoms with van der Waals surface area (Å²) in [5.41, 5.74) is 3.57. The van der Waals surface area contributed by atoms with Crippen molar-refractivity contribution < 1.29 is 4.79 Å². The Bertz CT molecular complexity index is 889. The summed E-state index contributed by atoms with van der Waals surface area (Å²) in [4.78, 5) is 20.1. The zero-order chi connectivity index (χ0) is 16.2. The van der Waals surface area contributed by atoms with Gasteiger partial charge in [0.2, 0.25) is 5.91 Å². The number of anilines is 3. The van der Waals surface area contributed by atoms with Gasteiger partial charge < -0.3 is 10.6 Å². The van der Waals surface area contributed by atoms with Gasteiger partial charge in [0.05, 0.1) is 5.52 Å². The smallest absolute Gasteiger partial charge is 0.247 e. The van der Waals surface area contributed by atoms with Crippen LogP contribution in [0.5, 0.6) is 0 Å². The summed E-state index contributed by atoms with van der Waals surface area (Å²) in [5.74, 6) is 0.439. The van der Waals surface area contributed by atoms with Crippen molar-refractivity contribution in [3.05, 3.63) is 67.0 Å². The Hall–Kier alpha value is -3.21. The molecule has 3 rings (SSSR count). The van der Waals surface area contributed by atoms with E-state index in [0.717, 1.165) is 22.2 Å². The molecule has 0 atom stereocenters.